The van der Waals surface area contributed by atoms with Gasteiger partial charge in [-0.2, -0.15) is 0 Å². The van der Waals surface area contributed by atoms with Crippen LogP contribution in [0.2, 0.25) is 0 Å². The lowest BCUT2D eigenvalue weighted by molar-refractivity contribution is 0.556. The van der Waals surface area contributed by atoms with Crippen molar-refractivity contribution in [2.45, 2.75) is 51.9 Å². The van der Waals surface area contributed by atoms with Gasteiger partial charge in [0.2, 0.25) is 10.0 Å². The van der Waals surface area contributed by atoms with E-state index in [-0.39, 0.29) is 0 Å². The molecule has 0 fully saturated rings. The monoisotopic (exact) mass is 264 g/mol. The molecule has 0 aromatic carbocycles. The largest absolute Gasteiger partial charge is 0.315 e. The van der Waals surface area contributed by atoms with Gasteiger partial charge in [0.15, 0.2) is 0 Å². The molecule has 0 unspecified atom stereocenters. The molecule has 2 N–H and O–H groups in total. The van der Waals surface area contributed by atoms with Crippen molar-refractivity contribution >= 4 is 10.0 Å². The first-order valence-corrected chi connectivity index (χ1v) is 8.60. The summed E-state index contributed by atoms with van der Waals surface area (Å²) in [5, 5.41) is 3.23. The zero-order chi connectivity index (χ0) is 13.0. The van der Waals surface area contributed by atoms with E-state index >= 15 is 0 Å². The summed E-state index contributed by atoms with van der Waals surface area (Å²) in [4.78, 5) is 0. The van der Waals surface area contributed by atoms with Crippen molar-refractivity contribution in [2.75, 3.05) is 25.9 Å². The third-order valence-corrected chi connectivity index (χ3v) is 3.35. The number of hydrogen-bond acceptors (Lipinski definition) is 3. The van der Waals surface area contributed by atoms with E-state index in [0.717, 1.165) is 6.54 Å². The van der Waals surface area contributed by atoms with E-state index in [1.807, 2.05) is 0 Å². The summed E-state index contributed by atoms with van der Waals surface area (Å²) in [6, 6.07) is 0. The fraction of sp³-hybridized carbons (Fsp3) is 1.00. The van der Waals surface area contributed by atoms with Crippen LogP contribution in [0.1, 0.15) is 51.9 Å². The first kappa shape index (κ1) is 16.9. The molecule has 0 aromatic rings. The predicted molar refractivity (Wildman–Crippen MR) is 73.7 cm³/mol. The van der Waals surface area contributed by atoms with Gasteiger partial charge < -0.3 is 5.32 Å². The first-order chi connectivity index (χ1) is 8.06. The van der Waals surface area contributed by atoms with Crippen molar-refractivity contribution in [3.8, 4) is 0 Å². The van der Waals surface area contributed by atoms with Gasteiger partial charge in [-0.25, -0.2) is 13.1 Å². The third-order valence-electron chi connectivity index (χ3n) is 2.62. The van der Waals surface area contributed by atoms with Crippen LogP contribution in [0.5, 0.6) is 0 Å². The van der Waals surface area contributed by atoms with Crippen LogP contribution in [0.3, 0.4) is 0 Å². The molecule has 0 saturated carbocycles. The summed E-state index contributed by atoms with van der Waals surface area (Å²) < 4.78 is 24.0. The Morgan fingerprint density at radius 2 is 1.41 bits per heavy atom. The SMILES string of the molecule is CCCCCCCCCNCCNS(C)(=O)=O. The van der Waals surface area contributed by atoms with Crippen molar-refractivity contribution in [1.29, 1.82) is 0 Å². The van der Waals surface area contributed by atoms with Crippen molar-refractivity contribution in [3.05, 3.63) is 0 Å². The van der Waals surface area contributed by atoms with Crippen LogP contribution in [0, 0.1) is 0 Å². The molecule has 0 spiro atoms. The fourth-order valence-corrected chi connectivity index (χ4v) is 2.13. The summed E-state index contributed by atoms with van der Waals surface area (Å²) in [6.45, 7) is 4.41. The Morgan fingerprint density at radius 3 is 2.00 bits per heavy atom. The Kier molecular flexibility index (Phi) is 10.9. The highest BCUT2D eigenvalue weighted by molar-refractivity contribution is 7.88. The molecular weight excluding hydrogens is 236 g/mol. The standard InChI is InChI=1S/C12H28N2O2S/c1-3-4-5-6-7-8-9-10-13-11-12-14-17(2,15)16/h13-14H,3-12H2,1-2H3. The molecule has 0 bridgehead atoms. The van der Waals surface area contributed by atoms with Gasteiger partial charge in [0.1, 0.15) is 0 Å². The van der Waals surface area contributed by atoms with Gasteiger partial charge in [-0.15, -0.1) is 0 Å². The molecular formula is C12H28N2O2S. The van der Waals surface area contributed by atoms with Gasteiger partial charge in [0, 0.05) is 13.1 Å². The zero-order valence-corrected chi connectivity index (χ0v) is 12.1. The molecule has 0 atom stereocenters. The minimum atomic E-state index is -3.02. The molecule has 5 heteroatoms. The third kappa shape index (κ3) is 15.9. The molecule has 0 saturated heterocycles. The second-order valence-corrected chi connectivity index (χ2v) is 6.37. The Labute approximate surface area is 107 Å². The van der Waals surface area contributed by atoms with Crippen molar-refractivity contribution in [2.24, 2.45) is 0 Å². The number of hydrogen-bond donors (Lipinski definition) is 2. The van der Waals surface area contributed by atoms with Crippen LogP contribution in [0.15, 0.2) is 0 Å². The molecule has 0 aromatic heterocycles. The molecule has 0 aliphatic rings. The summed E-state index contributed by atoms with van der Waals surface area (Å²) >= 11 is 0. The van der Waals surface area contributed by atoms with Crippen LogP contribution >= 0.6 is 0 Å². The van der Waals surface area contributed by atoms with Gasteiger partial charge in [-0.3, -0.25) is 0 Å². The highest BCUT2D eigenvalue weighted by Crippen LogP contribution is 2.05. The summed E-state index contributed by atoms with van der Waals surface area (Å²) in [5.41, 5.74) is 0. The highest BCUT2D eigenvalue weighted by Gasteiger charge is 1.97. The smallest absolute Gasteiger partial charge is 0.208 e. The second-order valence-electron chi connectivity index (χ2n) is 4.54. The van der Waals surface area contributed by atoms with E-state index in [1.165, 1.54) is 51.2 Å². The molecule has 0 aliphatic carbocycles. The van der Waals surface area contributed by atoms with E-state index in [4.69, 9.17) is 0 Å². The Balaban J connectivity index is 3.04. The maximum Gasteiger partial charge on any atom is 0.208 e. The lowest BCUT2D eigenvalue weighted by Crippen LogP contribution is -2.31. The quantitative estimate of drug-likeness (QED) is 0.529. The normalized spacial score (nSPS) is 11.9. The number of nitrogens with one attached hydrogen (secondary N) is 2. The maximum absolute atomic E-state index is 10.8. The lowest BCUT2D eigenvalue weighted by atomic mass is 10.1. The zero-order valence-electron chi connectivity index (χ0n) is 11.3. The number of rotatable bonds is 12. The van der Waals surface area contributed by atoms with Crippen LogP contribution in [0.4, 0.5) is 0 Å². The highest BCUT2D eigenvalue weighted by atomic mass is 32.2. The molecule has 17 heavy (non-hydrogen) atoms. The van der Waals surface area contributed by atoms with E-state index in [2.05, 4.69) is 17.0 Å². The van der Waals surface area contributed by atoms with Crippen molar-refractivity contribution < 1.29 is 8.42 Å². The number of sulfonamides is 1. The molecule has 0 radical (unpaired) electrons. The minimum Gasteiger partial charge on any atom is -0.315 e. The van der Waals surface area contributed by atoms with E-state index in [0.29, 0.717) is 13.1 Å². The summed E-state index contributed by atoms with van der Waals surface area (Å²) in [7, 11) is -3.02. The van der Waals surface area contributed by atoms with Gasteiger partial charge >= 0.3 is 0 Å². The Hall–Kier alpha value is -0.130. The molecule has 0 rings (SSSR count). The van der Waals surface area contributed by atoms with Crippen LogP contribution in [-0.2, 0) is 10.0 Å². The topological polar surface area (TPSA) is 58.2 Å². The van der Waals surface area contributed by atoms with Crippen LogP contribution in [-0.4, -0.2) is 34.3 Å². The van der Waals surface area contributed by atoms with Gasteiger partial charge in [-0.1, -0.05) is 45.4 Å². The van der Waals surface area contributed by atoms with E-state index in [9.17, 15) is 8.42 Å². The molecule has 4 nitrogen and oxygen atoms in total. The Morgan fingerprint density at radius 1 is 0.824 bits per heavy atom. The Bertz CT molecular complexity index is 253. The fourth-order valence-electron chi connectivity index (χ4n) is 1.66. The lowest BCUT2D eigenvalue weighted by Gasteiger charge is -2.05. The van der Waals surface area contributed by atoms with Crippen molar-refractivity contribution in [1.82, 2.24) is 10.0 Å². The number of unbranched alkanes of at least 4 members (excludes halogenated alkanes) is 6. The van der Waals surface area contributed by atoms with Crippen LogP contribution in [0.25, 0.3) is 0 Å². The first-order valence-electron chi connectivity index (χ1n) is 6.71. The molecule has 0 amide bonds. The average molecular weight is 264 g/mol. The second kappa shape index (κ2) is 11.0. The molecule has 0 aliphatic heterocycles. The molecule has 0 heterocycles. The average Bonchev–Trinajstić information content (AvgIpc) is 2.24. The van der Waals surface area contributed by atoms with E-state index < -0.39 is 10.0 Å². The maximum atomic E-state index is 10.8. The van der Waals surface area contributed by atoms with Gasteiger partial charge in [0.05, 0.1) is 6.26 Å². The molecule has 104 valence electrons. The van der Waals surface area contributed by atoms with Gasteiger partial charge in [-0.05, 0) is 13.0 Å². The summed E-state index contributed by atoms with van der Waals surface area (Å²) in [6.07, 6.45) is 10.3. The van der Waals surface area contributed by atoms with Crippen molar-refractivity contribution in [3.63, 3.8) is 0 Å². The van der Waals surface area contributed by atoms with Crippen LogP contribution < -0.4 is 10.0 Å². The van der Waals surface area contributed by atoms with Gasteiger partial charge in [0.25, 0.3) is 0 Å². The van der Waals surface area contributed by atoms with E-state index in [1.54, 1.807) is 0 Å². The summed E-state index contributed by atoms with van der Waals surface area (Å²) in [5.74, 6) is 0. The minimum absolute atomic E-state index is 0.481. The predicted octanol–water partition coefficient (Wildman–Crippen LogP) is 1.88.